The Morgan fingerprint density at radius 3 is 2.83 bits per heavy atom. The molecule has 1 aromatic carbocycles. The number of halogens is 3. The van der Waals surface area contributed by atoms with Crippen LogP contribution >= 0.6 is 24.8 Å². The second-order valence-corrected chi connectivity index (χ2v) is 5.48. The number of aryl methyl sites for hydroxylation is 1. The summed E-state index contributed by atoms with van der Waals surface area (Å²) in [6, 6.07) is 6.36. The Labute approximate surface area is 147 Å². The van der Waals surface area contributed by atoms with Gasteiger partial charge in [0.25, 0.3) is 5.91 Å². The predicted molar refractivity (Wildman–Crippen MR) is 94.3 cm³/mol. The third-order valence-corrected chi connectivity index (χ3v) is 3.85. The van der Waals surface area contributed by atoms with Gasteiger partial charge < -0.3 is 10.6 Å². The molecule has 1 amide bonds. The van der Waals surface area contributed by atoms with Crippen molar-refractivity contribution < 1.29 is 9.18 Å². The van der Waals surface area contributed by atoms with E-state index in [2.05, 4.69) is 15.6 Å². The van der Waals surface area contributed by atoms with Gasteiger partial charge >= 0.3 is 0 Å². The van der Waals surface area contributed by atoms with Crippen LogP contribution < -0.4 is 10.6 Å². The topological polar surface area (TPSA) is 54.0 Å². The number of aromatic nitrogens is 1. The van der Waals surface area contributed by atoms with Gasteiger partial charge in [-0.3, -0.25) is 9.78 Å². The number of carbonyl (C=O) groups is 1. The number of nitrogens with one attached hydrogen (secondary N) is 2. The minimum absolute atomic E-state index is 0. The Morgan fingerprint density at radius 2 is 2.13 bits per heavy atom. The Kier molecular flexibility index (Phi) is 7.19. The molecule has 7 heteroatoms. The van der Waals surface area contributed by atoms with Gasteiger partial charge in [0.2, 0.25) is 0 Å². The maximum absolute atomic E-state index is 13.2. The molecule has 2 heterocycles. The summed E-state index contributed by atoms with van der Waals surface area (Å²) in [5.74, 6) is -0.431. The lowest BCUT2D eigenvalue weighted by Crippen LogP contribution is -2.45. The summed E-state index contributed by atoms with van der Waals surface area (Å²) in [5.41, 5.74) is 1.75. The van der Waals surface area contributed by atoms with Crippen molar-refractivity contribution in [2.24, 2.45) is 0 Å². The Morgan fingerprint density at radius 1 is 1.35 bits per heavy atom. The second kappa shape index (κ2) is 8.43. The van der Waals surface area contributed by atoms with Gasteiger partial charge in [-0.15, -0.1) is 24.8 Å². The van der Waals surface area contributed by atoms with E-state index in [4.69, 9.17) is 0 Å². The summed E-state index contributed by atoms with van der Waals surface area (Å²) in [7, 11) is 0. The number of carbonyl (C=O) groups excluding carboxylic acids is 1. The van der Waals surface area contributed by atoms with Gasteiger partial charge in [0.15, 0.2) is 0 Å². The molecule has 1 atom stereocenters. The van der Waals surface area contributed by atoms with E-state index in [1.165, 1.54) is 12.1 Å². The molecule has 2 N–H and O–H groups in total. The summed E-state index contributed by atoms with van der Waals surface area (Å²) >= 11 is 0. The van der Waals surface area contributed by atoms with E-state index in [0.29, 0.717) is 16.8 Å². The normalized spacial score (nSPS) is 17.0. The maximum Gasteiger partial charge on any atom is 0.253 e. The summed E-state index contributed by atoms with van der Waals surface area (Å²) in [6.45, 7) is 3.59. The lowest BCUT2D eigenvalue weighted by atomic mass is 10.1. The third kappa shape index (κ3) is 4.53. The lowest BCUT2D eigenvalue weighted by Gasteiger charge is -2.24. The Bertz CT molecular complexity index is 690. The minimum Gasteiger partial charge on any atom is -0.348 e. The summed E-state index contributed by atoms with van der Waals surface area (Å²) in [6.07, 6.45) is 2.06. The largest absolute Gasteiger partial charge is 0.348 e. The van der Waals surface area contributed by atoms with E-state index in [0.717, 1.165) is 31.3 Å². The highest BCUT2D eigenvalue weighted by Gasteiger charge is 2.18. The first-order chi connectivity index (χ1) is 10.1. The predicted octanol–water partition coefficient (Wildman–Crippen LogP) is 3.01. The van der Waals surface area contributed by atoms with Crippen LogP contribution in [0.5, 0.6) is 0 Å². The monoisotopic (exact) mass is 359 g/mol. The molecule has 0 spiro atoms. The van der Waals surface area contributed by atoms with E-state index < -0.39 is 0 Å². The number of hydrogen-bond acceptors (Lipinski definition) is 3. The van der Waals surface area contributed by atoms with Crippen molar-refractivity contribution >= 4 is 41.6 Å². The highest BCUT2D eigenvalue weighted by atomic mass is 35.5. The van der Waals surface area contributed by atoms with Gasteiger partial charge in [0, 0.05) is 24.0 Å². The molecule has 23 heavy (non-hydrogen) atoms. The zero-order valence-electron chi connectivity index (χ0n) is 12.8. The number of fused-ring (bicyclic) bond motifs is 1. The number of benzene rings is 1. The highest BCUT2D eigenvalue weighted by molar-refractivity contribution is 5.98. The quantitative estimate of drug-likeness (QED) is 0.866. The van der Waals surface area contributed by atoms with Crippen molar-refractivity contribution in [1.82, 2.24) is 15.6 Å². The second-order valence-electron chi connectivity index (χ2n) is 5.48. The van der Waals surface area contributed by atoms with Crippen LogP contribution in [0.4, 0.5) is 4.39 Å². The van der Waals surface area contributed by atoms with Crippen LogP contribution in [0.15, 0.2) is 24.3 Å². The summed E-state index contributed by atoms with van der Waals surface area (Å²) in [4.78, 5) is 16.7. The molecular weight excluding hydrogens is 340 g/mol. The third-order valence-electron chi connectivity index (χ3n) is 3.85. The maximum atomic E-state index is 13.2. The molecule has 126 valence electrons. The fourth-order valence-corrected chi connectivity index (χ4v) is 2.70. The summed E-state index contributed by atoms with van der Waals surface area (Å²) < 4.78 is 13.2. The Hall–Kier alpha value is -1.43. The average molecular weight is 360 g/mol. The summed E-state index contributed by atoms with van der Waals surface area (Å²) in [5, 5.41) is 7.08. The minimum atomic E-state index is -0.320. The van der Waals surface area contributed by atoms with Crippen molar-refractivity contribution in [3.8, 4) is 0 Å². The van der Waals surface area contributed by atoms with Crippen LogP contribution in [-0.2, 0) is 0 Å². The smallest absolute Gasteiger partial charge is 0.253 e. The fourth-order valence-electron chi connectivity index (χ4n) is 2.70. The first kappa shape index (κ1) is 19.6. The number of pyridine rings is 1. The van der Waals surface area contributed by atoms with E-state index in [9.17, 15) is 9.18 Å². The van der Waals surface area contributed by atoms with Crippen LogP contribution in [-0.4, -0.2) is 30.0 Å². The zero-order chi connectivity index (χ0) is 14.8. The van der Waals surface area contributed by atoms with Crippen LogP contribution in [0, 0.1) is 12.7 Å². The lowest BCUT2D eigenvalue weighted by molar-refractivity contribution is 0.0930. The molecule has 1 fully saturated rings. The molecule has 0 radical (unpaired) electrons. The van der Waals surface area contributed by atoms with Crippen LogP contribution in [0.25, 0.3) is 10.9 Å². The van der Waals surface area contributed by atoms with Crippen molar-refractivity contribution in [2.75, 3.05) is 13.1 Å². The van der Waals surface area contributed by atoms with E-state index in [-0.39, 0.29) is 42.6 Å². The fraction of sp³-hybridized carbons (Fsp3) is 0.375. The van der Waals surface area contributed by atoms with Crippen molar-refractivity contribution in [2.45, 2.75) is 25.8 Å². The molecule has 0 aliphatic carbocycles. The highest BCUT2D eigenvalue weighted by Crippen LogP contribution is 2.18. The van der Waals surface area contributed by atoms with Crippen molar-refractivity contribution in [3.05, 3.63) is 41.3 Å². The molecule has 1 aromatic heterocycles. The number of amides is 1. The SMILES string of the molecule is Cc1nc2cc(F)ccc2cc1C(=O)N[C@H]1CCCNC1.Cl.Cl. The molecule has 1 aliphatic rings. The van der Waals surface area contributed by atoms with Crippen LogP contribution in [0.2, 0.25) is 0 Å². The number of hydrogen-bond donors (Lipinski definition) is 2. The van der Waals surface area contributed by atoms with Crippen molar-refractivity contribution in [3.63, 3.8) is 0 Å². The Balaban J connectivity index is 0.00000132. The van der Waals surface area contributed by atoms with Gasteiger partial charge in [0.05, 0.1) is 16.8 Å². The van der Waals surface area contributed by atoms with Gasteiger partial charge in [-0.2, -0.15) is 0 Å². The molecule has 0 bridgehead atoms. The van der Waals surface area contributed by atoms with Crippen molar-refractivity contribution in [1.29, 1.82) is 0 Å². The molecule has 4 nitrogen and oxygen atoms in total. The molecule has 2 aromatic rings. The standard InChI is InChI=1S/C16H18FN3O.2ClH/c1-10-14(16(21)20-13-3-2-6-18-9-13)7-11-4-5-12(17)8-15(11)19-10;;/h4-5,7-8,13,18H,2-3,6,9H2,1H3,(H,20,21);2*1H/t13-;;/m0../s1. The number of nitrogens with zero attached hydrogens (tertiary/aromatic N) is 1. The van der Waals surface area contributed by atoms with Crippen LogP contribution in [0.1, 0.15) is 28.9 Å². The molecule has 1 aliphatic heterocycles. The van der Waals surface area contributed by atoms with Gasteiger partial charge in [-0.05, 0) is 44.5 Å². The molecule has 1 saturated heterocycles. The van der Waals surface area contributed by atoms with E-state index >= 15 is 0 Å². The molecule has 0 saturated carbocycles. The van der Waals surface area contributed by atoms with Gasteiger partial charge in [-0.25, -0.2) is 4.39 Å². The average Bonchev–Trinajstić information content (AvgIpc) is 2.47. The zero-order valence-corrected chi connectivity index (χ0v) is 14.4. The van der Waals surface area contributed by atoms with Gasteiger partial charge in [-0.1, -0.05) is 0 Å². The van der Waals surface area contributed by atoms with Crippen LogP contribution in [0.3, 0.4) is 0 Å². The first-order valence-corrected chi connectivity index (χ1v) is 7.22. The molecular formula is C16H20Cl2FN3O. The first-order valence-electron chi connectivity index (χ1n) is 7.22. The molecule has 0 unspecified atom stereocenters. The number of piperidine rings is 1. The van der Waals surface area contributed by atoms with E-state index in [1.54, 1.807) is 19.1 Å². The molecule has 3 rings (SSSR count). The van der Waals surface area contributed by atoms with Gasteiger partial charge in [0.1, 0.15) is 5.82 Å². The number of rotatable bonds is 2. The van der Waals surface area contributed by atoms with E-state index in [1.807, 2.05) is 0 Å².